The monoisotopic (exact) mass is 375 g/mol. The molecule has 3 aliphatic rings. The van der Waals surface area contributed by atoms with Crippen LogP contribution in [0.2, 0.25) is 0 Å². The first-order chi connectivity index (χ1) is 13.1. The van der Waals surface area contributed by atoms with Crippen molar-refractivity contribution >= 4 is 11.9 Å². The van der Waals surface area contributed by atoms with Crippen LogP contribution in [0.4, 0.5) is 4.79 Å². The van der Waals surface area contributed by atoms with Crippen LogP contribution in [-0.2, 0) is 4.79 Å². The minimum absolute atomic E-state index is 0.0130. The first kappa shape index (κ1) is 19.9. The third kappa shape index (κ3) is 4.55. The SMILES string of the molecule is N#CC1(N(C(=O)CCC2CCCCC2)C2CCN(C(N)=O)CC2)CCNC1. The number of likely N-dealkylation sites (tertiary alicyclic amines) is 1. The van der Waals surface area contributed by atoms with Crippen molar-refractivity contribution in [2.45, 2.75) is 75.8 Å². The molecule has 7 nitrogen and oxygen atoms in total. The normalized spacial score (nSPS) is 27.3. The Hall–Kier alpha value is -1.81. The molecule has 7 heteroatoms. The van der Waals surface area contributed by atoms with Crippen LogP contribution in [-0.4, -0.2) is 59.5 Å². The number of nitrogens with zero attached hydrogens (tertiary/aromatic N) is 3. The Kier molecular flexibility index (Phi) is 6.59. The van der Waals surface area contributed by atoms with Gasteiger partial charge in [-0.2, -0.15) is 5.26 Å². The molecule has 2 aliphatic heterocycles. The van der Waals surface area contributed by atoms with E-state index in [0.29, 0.717) is 51.2 Å². The Morgan fingerprint density at radius 1 is 1.19 bits per heavy atom. The van der Waals surface area contributed by atoms with E-state index < -0.39 is 11.6 Å². The van der Waals surface area contributed by atoms with Gasteiger partial charge in [-0.05, 0) is 38.1 Å². The van der Waals surface area contributed by atoms with E-state index in [9.17, 15) is 14.9 Å². The average Bonchev–Trinajstić information content (AvgIpc) is 3.17. The molecule has 0 radical (unpaired) electrons. The van der Waals surface area contributed by atoms with Gasteiger partial charge in [0.05, 0.1) is 6.07 Å². The van der Waals surface area contributed by atoms with Crippen LogP contribution in [0.1, 0.15) is 64.2 Å². The summed E-state index contributed by atoms with van der Waals surface area (Å²) in [5.41, 5.74) is 4.65. The Balaban J connectivity index is 1.69. The number of nitriles is 1. The summed E-state index contributed by atoms with van der Waals surface area (Å²) >= 11 is 0. The number of urea groups is 1. The molecular formula is C20H33N5O2. The molecule has 0 spiro atoms. The van der Waals surface area contributed by atoms with Crippen molar-refractivity contribution in [1.82, 2.24) is 15.1 Å². The van der Waals surface area contributed by atoms with Gasteiger partial charge >= 0.3 is 6.03 Å². The first-order valence-electron chi connectivity index (χ1n) is 10.5. The molecule has 1 atom stereocenters. The number of hydrogen-bond donors (Lipinski definition) is 2. The number of amides is 3. The van der Waals surface area contributed by atoms with Crippen molar-refractivity contribution < 1.29 is 9.59 Å². The highest BCUT2D eigenvalue weighted by Crippen LogP contribution is 2.32. The zero-order valence-corrected chi connectivity index (χ0v) is 16.3. The third-order valence-corrected chi connectivity index (χ3v) is 6.70. The molecule has 2 saturated heterocycles. The standard InChI is InChI=1S/C20H33N5O2/c21-14-20(10-11-23-15-20)25(17-8-12-24(13-9-17)19(22)27)18(26)7-6-16-4-2-1-3-5-16/h16-17,23H,1-13,15H2,(H2,22,27). The summed E-state index contributed by atoms with van der Waals surface area (Å²) in [7, 11) is 0. The van der Waals surface area contributed by atoms with Gasteiger partial charge in [0, 0.05) is 32.1 Å². The van der Waals surface area contributed by atoms with Gasteiger partial charge in [0.25, 0.3) is 0 Å². The molecule has 2 heterocycles. The maximum Gasteiger partial charge on any atom is 0.314 e. The Labute approximate surface area is 162 Å². The van der Waals surface area contributed by atoms with E-state index in [1.807, 2.05) is 4.90 Å². The van der Waals surface area contributed by atoms with Crippen LogP contribution >= 0.6 is 0 Å². The number of primary amides is 1. The highest BCUT2D eigenvalue weighted by molar-refractivity contribution is 5.78. The Bertz CT molecular complexity index is 567. The molecule has 1 unspecified atom stereocenters. The summed E-state index contributed by atoms with van der Waals surface area (Å²) < 4.78 is 0. The molecule has 0 aromatic carbocycles. The van der Waals surface area contributed by atoms with Crippen LogP contribution in [0, 0.1) is 17.2 Å². The van der Waals surface area contributed by atoms with E-state index >= 15 is 0 Å². The fraction of sp³-hybridized carbons (Fsp3) is 0.850. The van der Waals surface area contributed by atoms with E-state index in [1.54, 1.807) is 4.90 Å². The minimum Gasteiger partial charge on any atom is -0.351 e. The van der Waals surface area contributed by atoms with Crippen LogP contribution < -0.4 is 11.1 Å². The maximum atomic E-state index is 13.3. The number of hydrogen-bond acceptors (Lipinski definition) is 4. The molecule has 1 aliphatic carbocycles. The zero-order chi connectivity index (χ0) is 19.3. The van der Waals surface area contributed by atoms with Crippen LogP contribution in [0.15, 0.2) is 0 Å². The highest BCUT2D eigenvalue weighted by Gasteiger charge is 2.46. The van der Waals surface area contributed by atoms with Crippen LogP contribution in [0.5, 0.6) is 0 Å². The molecule has 0 bridgehead atoms. The topological polar surface area (TPSA) is 102 Å². The second kappa shape index (κ2) is 8.92. The predicted molar refractivity (Wildman–Crippen MR) is 103 cm³/mol. The second-order valence-electron chi connectivity index (χ2n) is 8.43. The molecular weight excluding hydrogens is 342 g/mol. The molecule has 3 fully saturated rings. The quantitative estimate of drug-likeness (QED) is 0.767. The van der Waals surface area contributed by atoms with E-state index in [1.165, 1.54) is 32.1 Å². The van der Waals surface area contributed by atoms with Crippen molar-refractivity contribution in [3.05, 3.63) is 0 Å². The third-order valence-electron chi connectivity index (χ3n) is 6.70. The summed E-state index contributed by atoms with van der Waals surface area (Å²) in [5.74, 6) is 0.768. The lowest BCUT2D eigenvalue weighted by molar-refractivity contribution is -0.140. The van der Waals surface area contributed by atoms with E-state index in [0.717, 1.165) is 13.0 Å². The minimum atomic E-state index is -0.747. The molecule has 27 heavy (non-hydrogen) atoms. The molecule has 0 aromatic heterocycles. The summed E-state index contributed by atoms with van der Waals surface area (Å²) in [6, 6.07) is 2.08. The van der Waals surface area contributed by atoms with Gasteiger partial charge in [-0.25, -0.2) is 4.79 Å². The summed E-state index contributed by atoms with van der Waals surface area (Å²) in [6.07, 6.45) is 9.87. The van der Waals surface area contributed by atoms with Crippen molar-refractivity contribution in [3.8, 4) is 6.07 Å². The number of rotatable bonds is 5. The lowest BCUT2D eigenvalue weighted by Gasteiger charge is -2.44. The number of nitrogens with two attached hydrogens (primary N) is 1. The number of carbonyl (C=O) groups excluding carboxylic acids is 2. The van der Waals surface area contributed by atoms with Crippen molar-refractivity contribution in [1.29, 1.82) is 5.26 Å². The van der Waals surface area contributed by atoms with Crippen molar-refractivity contribution in [3.63, 3.8) is 0 Å². The zero-order valence-electron chi connectivity index (χ0n) is 16.3. The van der Waals surface area contributed by atoms with Gasteiger partial charge in [0.15, 0.2) is 0 Å². The molecule has 150 valence electrons. The average molecular weight is 376 g/mol. The van der Waals surface area contributed by atoms with Crippen molar-refractivity contribution in [2.24, 2.45) is 11.7 Å². The van der Waals surface area contributed by atoms with Crippen molar-refractivity contribution in [2.75, 3.05) is 26.2 Å². The van der Waals surface area contributed by atoms with Gasteiger partial charge in [0.2, 0.25) is 5.91 Å². The highest BCUT2D eigenvalue weighted by atomic mass is 16.2. The summed E-state index contributed by atoms with van der Waals surface area (Å²) in [4.78, 5) is 28.2. The lowest BCUT2D eigenvalue weighted by Crippen LogP contribution is -2.59. The largest absolute Gasteiger partial charge is 0.351 e. The molecule has 3 amide bonds. The van der Waals surface area contributed by atoms with Gasteiger partial charge < -0.3 is 20.9 Å². The van der Waals surface area contributed by atoms with Crippen LogP contribution in [0.3, 0.4) is 0 Å². The van der Waals surface area contributed by atoms with Gasteiger partial charge in [0.1, 0.15) is 5.54 Å². The van der Waals surface area contributed by atoms with Crippen LogP contribution in [0.25, 0.3) is 0 Å². The molecule has 3 rings (SSSR count). The lowest BCUT2D eigenvalue weighted by atomic mass is 9.85. The Morgan fingerprint density at radius 3 is 2.44 bits per heavy atom. The number of piperidine rings is 1. The number of nitrogens with one attached hydrogen (secondary N) is 1. The Morgan fingerprint density at radius 2 is 1.89 bits per heavy atom. The molecule has 0 aromatic rings. The first-order valence-corrected chi connectivity index (χ1v) is 10.5. The molecule has 1 saturated carbocycles. The second-order valence-corrected chi connectivity index (χ2v) is 8.43. The fourth-order valence-corrected chi connectivity index (χ4v) is 5.09. The molecule has 3 N–H and O–H groups in total. The van der Waals surface area contributed by atoms with E-state index in [2.05, 4.69) is 11.4 Å². The predicted octanol–water partition coefficient (Wildman–Crippen LogP) is 1.97. The van der Waals surface area contributed by atoms with E-state index in [-0.39, 0.29) is 11.9 Å². The fourth-order valence-electron chi connectivity index (χ4n) is 5.09. The maximum absolute atomic E-state index is 13.3. The van der Waals surface area contributed by atoms with Gasteiger partial charge in [-0.1, -0.05) is 32.1 Å². The van der Waals surface area contributed by atoms with Gasteiger partial charge in [-0.15, -0.1) is 0 Å². The summed E-state index contributed by atoms with van der Waals surface area (Å²) in [6.45, 7) is 2.41. The summed E-state index contributed by atoms with van der Waals surface area (Å²) in [5, 5.41) is 13.2. The van der Waals surface area contributed by atoms with E-state index in [4.69, 9.17) is 5.73 Å². The van der Waals surface area contributed by atoms with Gasteiger partial charge in [-0.3, -0.25) is 4.79 Å². The number of carbonyl (C=O) groups is 2. The smallest absolute Gasteiger partial charge is 0.314 e.